The Balaban J connectivity index is 1.96. The van der Waals surface area contributed by atoms with Crippen LogP contribution < -0.4 is 5.32 Å². The molecule has 1 saturated heterocycles. The summed E-state index contributed by atoms with van der Waals surface area (Å²) in [6.07, 6.45) is 9.85. The van der Waals surface area contributed by atoms with Crippen LogP contribution in [-0.4, -0.2) is 37.1 Å². The Kier molecular flexibility index (Phi) is 5.70. The lowest BCUT2D eigenvalue weighted by molar-refractivity contribution is 0.0771. The van der Waals surface area contributed by atoms with Gasteiger partial charge in [-0.25, -0.2) is 0 Å². The molecular formula is C17H34N2. The molecule has 1 aliphatic heterocycles. The van der Waals surface area contributed by atoms with Gasteiger partial charge in [0.1, 0.15) is 0 Å². The summed E-state index contributed by atoms with van der Waals surface area (Å²) in [5.74, 6) is 0.926. The normalized spacial score (nSPS) is 36.8. The van der Waals surface area contributed by atoms with Crippen LogP contribution in [0.4, 0.5) is 0 Å². The largest absolute Gasteiger partial charge is 0.316 e. The van der Waals surface area contributed by atoms with Crippen LogP contribution in [-0.2, 0) is 0 Å². The molecule has 2 fully saturated rings. The number of likely N-dealkylation sites (tertiary alicyclic amines) is 1. The molecule has 0 amide bonds. The summed E-state index contributed by atoms with van der Waals surface area (Å²) in [4.78, 5) is 2.77. The minimum absolute atomic E-state index is 0.561. The molecule has 1 aliphatic carbocycles. The molecule has 3 unspecified atom stereocenters. The molecule has 1 N–H and O–H groups in total. The maximum Gasteiger partial charge on any atom is 0.00676 e. The Morgan fingerprint density at radius 3 is 2.68 bits per heavy atom. The van der Waals surface area contributed by atoms with Crippen molar-refractivity contribution in [3.8, 4) is 0 Å². The highest BCUT2D eigenvalue weighted by Gasteiger charge is 2.37. The molecule has 1 heterocycles. The van der Waals surface area contributed by atoms with Crippen molar-refractivity contribution in [2.75, 3.05) is 26.2 Å². The lowest BCUT2D eigenvalue weighted by atomic mass is 9.69. The van der Waals surface area contributed by atoms with E-state index in [0.717, 1.165) is 12.0 Å². The minimum Gasteiger partial charge on any atom is -0.316 e. The molecule has 0 spiro atoms. The van der Waals surface area contributed by atoms with Gasteiger partial charge in [-0.2, -0.15) is 0 Å². The summed E-state index contributed by atoms with van der Waals surface area (Å²) in [6, 6.07) is 0.820. The fraction of sp³-hybridized carbons (Fsp3) is 1.00. The second-order valence-electron chi connectivity index (χ2n) is 7.34. The highest BCUT2D eigenvalue weighted by atomic mass is 15.2. The zero-order chi connectivity index (χ0) is 13.7. The van der Waals surface area contributed by atoms with Crippen molar-refractivity contribution in [1.82, 2.24) is 10.2 Å². The van der Waals surface area contributed by atoms with E-state index in [9.17, 15) is 0 Å². The Hall–Kier alpha value is -0.0800. The first-order chi connectivity index (χ1) is 9.15. The van der Waals surface area contributed by atoms with E-state index in [1.165, 1.54) is 71.1 Å². The minimum atomic E-state index is 0.561. The Labute approximate surface area is 120 Å². The van der Waals surface area contributed by atoms with Gasteiger partial charge in [0, 0.05) is 19.1 Å². The van der Waals surface area contributed by atoms with Gasteiger partial charge in [-0.1, -0.05) is 26.7 Å². The van der Waals surface area contributed by atoms with Crippen LogP contribution in [0.3, 0.4) is 0 Å². The first-order valence-corrected chi connectivity index (χ1v) is 8.60. The monoisotopic (exact) mass is 266 g/mol. The molecule has 19 heavy (non-hydrogen) atoms. The Bertz CT molecular complexity index is 266. The zero-order valence-corrected chi connectivity index (χ0v) is 13.4. The average Bonchev–Trinajstić information content (AvgIpc) is 2.75. The number of hydrogen-bond acceptors (Lipinski definition) is 2. The standard InChI is InChI=1S/C17H34N2/c1-4-10-18-13-17(9-5-7-15(2)12-17)14-19-11-6-8-16(19)3/h15-16,18H,4-14H2,1-3H3. The molecule has 0 aromatic rings. The fourth-order valence-corrected chi connectivity index (χ4v) is 4.32. The van der Waals surface area contributed by atoms with E-state index in [0.29, 0.717) is 5.41 Å². The van der Waals surface area contributed by atoms with Gasteiger partial charge in [-0.05, 0) is 63.5 Å². The predicted octanol–water partition coefficient (Wildman–Crippen LogP) is 3.67. The zero-order valence-electron chi connectivity index (χ0n) is 13.4. The maximum atomic E-state index is 3.73. The quantitative estimate of drug-likeness (QED) is 0.738. The first kappa shape index (κ1) is 15.3. The van der Waals surface area contributed by atoms with Crippen molar-refractivity contribution in [3.63, 3.8) is 0 Å². The lowest BCUT2D eigenvalue weighted by Crippen LogP contribution is -2.47. The van der Waals surface area contributed by atoms with E-state index in [1.54, 1.807) is 0 Å². The second kappa shape index (κ2) is 7.08. The van der Waals surface area contributed by atoms with Crippen LogP contribution in [0.2, 0.25) is 0 Å². The molecule has 3 atom stereocenters. The van der Waals surface area contributed by atoms with Crippen molar-refractivity contribution in [2.45, 2.75) is 71.8 Å². The van der Waals surface area contributed by atoms with Crippen molar-refractivity contribution >= 4 is 0 Å². The maximum absolute atomic E-state index is 3.73. The highest BCUT2D eigenvalue weighted by molar-refractivity contribution is 4.92. The topological polar surface area (TPSA) is 15.3 Å². The second-order valence-corrected chi connectivity index (χ2v) is 7.34. The van der Waals surface area contributed by atoms with Crippen molar-refractivity contribution in [2.24, 2.45) is 11.3 Å². The molecule has 0 aromatic heterocycles. The molecule has 0 radical (unpaired) electrons. The van der Waals surface area contributed by atoms with Gasteiger partial charge in [0.05, 0.1) is 0 Å². The van der Waals surface area contributed by atoms with Crippen molar-refractivity contribution < 1.29 is 0 Å². The number of nitrogens with zero attached hydrogens (tertiary/aromatic N) is 1. The van der Waals surface area contributed by atoms with Gasteiger partial charge in [0.15, 0.2) is 0 Å². The van der Waals surface area contributed by atoms with Gasteiger partial charge in [-0.15, -0.1) is 0 Å². The summed E-state index contributed by atoms with van der Waals surface area (Å²) in [7, 11) is 0. The fourth-order valence-electron chi connectivity index (χ4n) is 4.32. The van der Waals surface area contributed by atoms with E-state index in [1.807, 2.05) is 0 Å². The average molecular weight is 266 g/mol. The summed E-state index contributed by atoms with van der Waals surface area (Å²) in [5.41, 5.74) is 0.561. The Morgan fingerprint density at radius 1 is 1.21 bits per heavy atom. The van der Waals surface area contributed by atoms with Crippen LogP contribution >= 0.6 is 0 Å². The lowest BCUT2D eigenvalue weighted by Gasteiger charge is -2.44. The third-order valence-corrected chi connectivity index (χ3v) is 5.34. The molecule has 2 aliphatic rings. The van der Waals surface area contributed by atoms with E-state index in [4.69, 9.17) is 0 Å². The van der Waals surface area contributed by atoms with E-state index in [2.05, 4.69) is 31.0 Å². The first-order valence-electron chi connectivity index (χ1n) is 8.60. The van der Waals surface area contributed by atoms with E-state index < -0.39 is 0 Å². The molecule has 1 saturated carbocycles. The van der Waals surface area contributed by atoms with Gasteiger partial charge >= 0.3 is 0 Å². The van der Waals surface area contributed by atoms with Gasteiger partial charge in [0.2, 0.25) is 0 Å². The number of nitrogens with one attached hydrogen (secondary N) is 1. The van der Waals surface area contributed by atoms with Crippen LogP contribution in [0.15, 0.2) is 0 Å². The van der Waals surface area contributed by atoms with E-state index >= 15 is 0 Å². The third-order valence-electron chi connectivity index (χ3n) is 5.34. The smallest absolute Gasteiger partial charge is 0.00676 e. The summed E-state index contributed by atoms with van der Waals surface area (Å²) >= 11 is 0. The van der Waals surface area contributed by atoms with Crippen molar-refractivity contribution in [3.05, 3.63) is 0 Å². The van der Waals surface area contributed by atoms with Gasteiger partial charge < -0.3 is 10.2 Å². The summed E-state index contributed by atoms with van der Waals surface area (Å²) in [6.45, 7) is 12.3. The Morgan fingerprint density at radius 2 is 2.05 bits per heavy atom. The van der Waals surface area contributed by atoms with Crippen molar-refractivity contribution in [1.29, 1.82) is 0 Å². The van der Waals surface area contributed by atoms with Crippen LogP contribution in [0, 0.1) is 11.3 Å². The number of rotatable bonds is 6. The van der Waals surface area contributed by atoms with Gasteiger partial charge in [-0.3, -0.25) is 0 Å². The van der Waals surface area contributed by atoms with Gasteiger partial charge in [0.25, 0.3) is 0 Å². The number of hydrogen-bond donors (Lipinski definition) is 1. The summed E-state index contributed by atoms with van der Waals surface area (Å²) < 4.78 is 0. The van der Waals surface area contributed by atoms with Crippen LogP contribution in [0.25, 0.3) is 0 Å². The highest BCUT2D eigenvalue weighted by Crippen LogP contribution is 2.40. The molecule has 0 bridgehead atoms. The van der Waals surface area contributed by atoms with E-state index in [-0.39, 0.29) is 0 Å². The molecule has 2 rings (SSSR count). The molecular weight excluding hydrogens is 232 g/mol. The summed E-state index contributed by atoms with van der Waals surface area (Å²) in [5, 5.41) is 3.73. The molecule has 2 heteroatoms. The predicted molar refractivity (Wildman–Crippen MR) is 83.5 cm³/mol. The third kappa shape index (κ3) is 4.19. The SMILES string of the molecule is CCCNCC1(CN2CCCC2C)CCCC(C)C1. The molecule has 112 valence electrons. The van der Waals surface area contributed by atoms with Crippen LogP contribution in [0.5, 0.6) is 0 Å². The molecule has 0 aromatic carbocycles. The molecule has 2 nitrogen and oxygen atoms in total. The van der Waals surface area contributed by atoms with Crippen LogP contribution in [0.1, 0.15) is 65.7 Å².